The lowest BCUT2D eigenvalue weighted by Gasteiger charge is -2.04. The van der Waals surface area contributed by atoms with Gasteiger partial charge in [0.2, 0.25) is 0 Å². The van der Waals surface area contributed by atoms with E-state index in [4.69, 9.17) is 4.74 Å². The minimum Gasteiger partial charge on any atom is -0.423 e. The van der Waals surface area contributed by atoms with Gasteiger partial charge in [-0.2, -0.15) is 0 Å². The Bertz CT molecular complexity index is 1230. The van der Waals surface area contributed by atoms with E-state index < -0.39 is 0 Å². The highest BCUT2D eigenvalue weighted by atomic mass is 16.5. The fraction of sp³-hybridized carbons (Fsp3) is 0. The summed E-state index contributed by atoms with van der Waals surface area (Å²) in [7, 11) is 0. The molecule has 0 saturated carbocycles. The van der Waals surface area contributed by atoms with Gasteiger partial charge in [-0.1, -0.05) is 60.4 Å². The predicted octanol–water partition coefficient (Wildman–Crippen LogP) is 6.06. The van der Waals surface area contributed by atoms with E-state index in [2.05, 4.69) is 16.8 Å². The van der Waals surface area contributed by atoms with Gasteiger partial charge in [0, 0.05) is 17.3 Å². The third kappa shape index (κ3) is 5.79. The highest BCUT2D eigenvalue weighted by Crippen LogP contribution is 2.14. The summed E-state index contributed by atoms with van der Waals surface area (Å²) in [6.45, 7) is 0. The SMILES string of the molecule is O=C(Oc1ccc(C#Cc2ccc(/C=N/c3ccccc3)cc2)cc1)c1ccccc1. The minimum absolute atomic E-state index is 0.379. The first-order valence-corrected chi connectivity index (χ1v) is 9.85. The van der Waals surface area contributed by atoms with Crippen molar-refractivity contribution in [2.24, 2.45) is 4.99 Å². The van der Waals surface area contributed by atoms with Crippen molar-refractivity contribution in [1.29, 1.82) is 0 Å². The molecule has 0 fully saturated rings. The highest BCUT2D eigenvalue weighted by molar-refractivity contribution is 5.91. The number of aliphatic imine (C=N–C) groups is 1. The second-order valence-corrected chi connectivity index (χ2v) is 6.75. The minimum atomic E-state index is -0.379. The molecule has 31 heavy (non-hydrogen) atoms. The van der Waals surface area contributed by atoms with Crippen molar-refractivity contribution < 1.29 is 9.53 Å². The number of ether oxygens (including phenoxy) is 1. The number of esters is 1. The number of hydrogen-bond donors (Lipinski definition) is 0. The molecule has 148 valence electrons. The first-order chi connectivity index (χ1) is 15.3. The van der Waals surface area contributed by atoms with Gasteiger partial charge in [0.25, 0.3) is 0 Å². The molecule has 4 aromatic carbocycles. The topological polar surface area (TPSA) is 38.7 Å². The van der Waals surface area contributed by atoms with Gasteiger partial charge in [0.15, 0.2) is 0 Å². The Morgan fingerprint density at radius 3 is 1.84 bits per heavy atom. The molecule has 0 N–H and O–H groups in total. The van der Waals surface area contributed by atoms with Crippen molar-refractivity contribution in [3.63, 3.8) is 0 Å². The Kier molecular flexibility index (Phi) is 6.33. The van der Waals surface area contributed by atoms with E-state index in [0.29, 0.717) is 11.3 Å². The maximum atomic E-state index is 12.1. The summed E-state index contributed by atoms with van der Waals surface area (Å²) in [6.07, 6.45) is 1.84. The maximum Gasteiger partial charge on any atom is 0.343 e. The van der Waals surface area contributed by atoms with Crippen LogP contribution in [0.2, 0.25) is 0 Å². The number of carbonyl (C=O) groups excluding carboxylic acids is 1. The van der Waals surface area contributed by atoms with E-state index in [1.165, 1.54) is 0 Å². The highest BCUT2D eigenvalue weighted by Gasteiger charge is 2.07. The van der Waals surface area contributed by atoms with Crippen LogP contribution in [0, 0.1) is 11.8 Å². The lowest BCUT2D eigenvalue weighted by Crippen LogP contribution is -2.07. The number of rotatable bonds is 4. The average molecular weight is 401 g/mol. The van der Waals surface area contributed by atoms with Crippen LogP contribution in [0.25, 0.3) is 0 Å². The number of nitrogens with zero attached hydrogens (tertiary/aromatic N) is 1. The van der Waals surface area contributed by atoms with Crippen molar-refractivity contribution >= 4 is 17.9 Å². The Morgan fingerprint density at radius 1 is 0.677 bits per heavy atom. The molecule has 0 radical (unpaired) electrons. The third-order valence-electron chi connectivity index (χ3n) is 4.46. The molecule has 0 saturated heterocycles. The van der Waals surface area contributed by atoms with Crippen LogP contribution in [-0.2, 0) is 0 Å². The van der Waals surface area contributed by atoms with Crippen LogP contribution >= 0.6 is 0 Å². The summed E-state index contributed by atoms with van der Waals surface area (Å²) in [4.78, 5) is 16.6. The molecule has 3 heteroatoms. The molecule has 0 heterocycles. The van der Waals surface area contributed by atoms with Crippen LogP contribution in [0.4, 0.5) is 5.69 Å². The standard InChI is InChI=1S/C28H19NO2/c30-28(25-7-3-1-4-8-25)31-27-19-17-23(18-20-27)12-11-22-13-15-24(16-14-22)21-29-26-9-5-2-6-10-26/h1-10,13-21H/b29-21+. The fourth-order valence-electron chi connectivity index (χ4n) is 2.81. The van der Waals surface area contributed by atoms with Crippen LogP contribution in [0.3, 0.4) is 0 Å². The molecule has 0 aliphatic carbocycles. The molecule has 4 rings (SSSR count). The van der Waals surface area contributed by atoms with Gasteiger partial charge in [-0.25, -0.2) is 4.79 Å². The molecule has 0 aliphatic rings. The van der Waals surface area contributed by atoms with Gasteiger partial charge in [-0.15, -0.1) is 0 Å². The zero-order chi connectivity index (χ0) is 21.3. The van der Waals surface area contributed by atoms with E-state index in [1.54, 1.807) is 36.4 Å². The fourth-order valence-corrected chi connectivity index (χ4v) is 2.81. The molecule has 0 spiro atoms. The third-order valence-corrected chi connectivity index (χ3v) is 4.46. The lowest BCUT2D eigenvalue weighted by molar-refractivity contribution is 0.0735. The summed E-state index contributed by atoms with van der Waals surface area (Å²) in [5.74, 6) is 6.38. The summed E-state index contributed by atoms with van der Waals surface area (Å²) in [5, 5.41) is 0. The van der Waals surface area contributed by atoms with Crippen LogP contribution in [0.15, 0.2) is 114 Å². The first kappa shape index (κ1) is 19.9. The summed E-state index contributed by atoms with van der Waals surface area (Å²) >= 11 is 0. The van der Waals surface area contributed by atoms with Gasteiger partial charge >= 0.3 is 5.97 Å². The largest absolute Gasteiger partial charge is 0.423 e. The molecule has 4 aromatic rings. The van der Waals surface area contributed by atoms with E-state index in [1.807, 2.05) is 79.0 Å². The molecule has 0 aliphatic heterocycles. The molecule has 0 atom stereocenters. The molecule has 0 bridgehead atoms. The van der Waals surface area contributed by atoms with Crippen LogP contribution in [0.5, 0.6) is 5.75 Å². The van der Waals surface area contributed by atoms with Crippen LogP contribution in [0.1, 0.15) is 27.0 Å². The Balaban J connectivity index is 1.37. The molecule has 3 nitrogen and oxygen atoms in total. The molecular weight excluding hydrogens is 382 g/mol. The number of carbonyl (C=O) groups is 1. The first-order valence-electron chi connectivity index (χ1n) is 9.85. The predicted molar refractivity (Wildman–Crippen MR) is 124 cm³/mol. The smallest absolute Gasteiger partial charge is 0.343 e. The van der Waals surface area contributed by atoms with E-state index in [0.717, 1.165) is 22.4 Å². The maximum absolute atomic E-state index is 12.1. The number of hydrogen-bond acceptors (Lipinski definition) is 3. The Hall–Kier alpha value is -4.42. The Morgan fingerprint density at radius 2 is 1.23 bits per heavy atom. The van der Waals surface area contributed by atoms with Gasteiger partial charge in [0.05, 0.1) is 11.3 Å². The molecule has 0 aromatic heterocycles. The monoisotopic (exact) mass is 401 g/mol. The number of benzene rings is 4. The molecule has 0 unspecified atom stereocenters. The van der Waals surface area contributed by atoms with Crippen LogP contribution < -0.4 is 4.74 Å². The summed E-state index contributed by atoms with van der Waals surface area (Å²) in [6, 6.07) is 33.8. The van der Waals surface area contributed by atoms with Crippen molar-refractivity contribution in [3.05, 3.63) is 131 Å². The summed E-state index contributed by atoms with van der Waals surface area (Å²) in [5.41, 5.74) is 4.21. The second-order valence-electron chi connectivity index (χ2n) is 6.75. The van der Waals surface area contributed by atoms with Crippen molar-refractivity contribution in [2.75, 3.05) is 0 Å². The zero-order valence-corrected chi connectivity index (χ0v) is 16.7. The number of para-hydroxylation sites is 1. The summed E-state index contributed by atoms with van der Waals surface area (Å²) < 4.78 is 5.39. The van der Waals surface area contributed by atoms with Gasteiger partial charge in [-0.05, 0) is 66.2 Å². The average Bonchev–Trinajstić information content (AvgIpc) is 2.84. The van der Waals surface area contributed by atoms with Crippen molar-refractivity contribution in [3.8, 4) is 17.6 Å². The molecule has 0 amide bonds. The van der Waals surface area contributed by atoms with Crippen LogP contribution in [-0.4, -0.2) is 12.2 Å². The second kappa shape index (κ2) is 9.87. The van der Waals surface area contributed by atoms with E-state index in [9.17, 15) is 4.79 Å². The van der Waals surface area contributed by atoms with Gasteiger partial charge in [0.1, 0.15) is 5.75 Å². The normalized spacial score (nSPS) is 10.3. The quantitative estimate of drug-likeness (QED) is 0.181. The van der Waals surface area contributed by atoms with Gasteiger partial charge < -0.3 is 4.74 Å². The van der Waals surface area contributed by atoms with E-state index in [-0.39, 0.29) is 5.97 Å². The van der Waals surface area contributed by atoms with Gasteiger partial charge in [-0.3, -0.25) is 4.99 Å². The van der Waals surface area contributed by atoms with Crippen molar-refractivity contribution in [2.45, 2.75) is 0 Å². The Labute approximate surface area is 181 Å². The van der Waals surface area contributed by atoms with Crippen molar-refractivity contribution in [1.82, 2.24) is 0 Å². The van der Waals surface area contributed by atoms with E-state index >= 15 is 0 Å². The lowest BCUT2D eigenvalue weighted by atomic mass is 10.1. The molecular formula is C28H19NO2. The zero-order valence-electron chi connectivity index (χ0n) is 16.7.